The third kappa shape index (κ3) is 3.45. The Morgan fingerprint density at radius 1 is 1.08 bits per heavy atom. The van der Waals surface area contributed by atoms with E-state index in [4.69, 9.17) is 0 Å². The van der Waals surface area contributed by atoms with Gasteiger partial charge in [-0.1, -0.05) is 12.5 Å². The van der Waals surface area contributed by atoms with Crippen LogP contribution in [0.4, 0.5) is 18.9 Å². The third-order valence-corrected chi connectivity index (χ3v) is 4.77. The summed E-state index contributed by atoms with van der Waals surface area (Å²) in [6.07, 6.45) is 1.00. The second-order valence-corrected chi connectivity index (χ2v) is 6.52. The van der Waals surface area contributed by atoms with E-state index in [-0.39, 0.29) is 12.1 Å². The van der Waals surface area contributed by atoms with Crippen molar-refractivity contribution in [1.29, 1.82) is 0 Å². The molecule has 2 N–H and O–H groups in total. The summed E-state index contributed by atoms with van der Waals surface area (Å²) in [7, 11) is 0. The zero-order valence-corrected chi connectivity index (χ0v) is 13.2. The molecule has 130 valence electrons. The fourth-order valence-electron chi connectivity index (χ4n) is 3.55. The molecule has 0 aromatic heterocycles. The summed E-state index contributed by atoms with van der Waals surface area (Å²) in [6, 6.07) is 4.18. The topological polar surface area (TPSA) is 54.0 Å². The maximum atomic E-state index is 12.8. The second-order valence-electron chi connectivity index (χ2n) is 6.52. The minimum absolute atomic E-state index is 0.000584. The highest BCUT2D eigenvalue weighted by molar-refractivity contribution is 6.21. The molecule has 2 fully saturated rings. The van der Waals surface area contributed by atoms with Crippen LogP contribution in [0.5, 0.6) is 0 Å². The van der Waals surface area contributed by atoms with Gasteiger partial charge in [0.05, 0.1) is 23.7 Å². The number of halogens is 3. The standard InChI is InChI=1S/C17H19F3N2O2/c18-17(19,20)11-5-4-8-13(9-11)22-15(23)10-14(16(22)24)21-12-6-2-1-3-7-12/h4-5,8-9,12,14,21H,1-3,6-7,10H2/p+1/t14-/m1/s1. The lowest BCUT2D eigenvalue weighted by molar-refractivity contribution is -0.710. The number of benzene rings is 1. The average Bonchev–Trinajstić information content (AvgIpc) is 2.82. The molecule has 1 heterocycles. The van der Waals surface area contributed by atoms with Crippen molar-refractivity contribution in [3.05, 3.63) is 29.8 Å². The first-order chi connectivity index (χ1) is 11.4. The molecule has 1 aromatic carbocycles. The van der Waals surface area contributed by atoms with Crippen LogP contribution in [-0.4, -0.2) is 23.9 Å². The summed E-state index contributed by atoms with van der Waals surface area (Å²) in [5.41, 5.74) is -0.861. The minimum atomic E-state index is -4.50. The Labute approximate surface area is 138 Å². The Morgan fingerprint density at radius 3 is 2.46 bits per heavy atom. The Hall–Kier alpha value is -1.89. The van der Waals surface area contributed by atoms with Crippen LogP contribution in [0.3, 0.4) is 0 Å². The molecule has 24 heavy (non-hydrogen) atoms. The largest absolute Gasteiger partial charge is 0.416 e. The van der Waals surface area contributed by atoms with Gasteiger partial charge >= 0.3 is 6.18 Å². The Morgan fingerprint density at radius 2 is 1.79 bits per heavy atom. The van der Waals surface area contributed by atoms with Gasteiger partial charge in [0.1, 0.15) is 0 Å². The molecule has 7 heteroatoms. The molecule has 1 aromatic rings. The number of nitrogens with zero attached hydrogens (tertiary/aromatic N) is 1. The average molecular weight is 341 g/mol. The molecular formula is C17H20F3N2O2+. The second kappa shape index (κ2) is 6.55. The summed E-state index contributed by atoms with van der Waals surface area (Å²) in [6.45, 7) is 0. The summed E-state index contributed by atoms with van der Waals surface area (Å²) in [5, 5.41) is 1.94. The molecule has 0 unspecified atom stereocenters. The molecule has 1 saturated carbocycles. The van der Waals surface area contributed by atoms with Crippen molar-refractivity contribution in [2.45, 2.75) is 56.8 Å². The molecular weight excluding hydrogens is 321 g/mol. The van der Waals surface area contributed by atoms with Crippen molar-refractivity contribution in [3.8, 4) is 0 Å². The van der Waals surface area contributed by atoms with Crippen molar-refractivity contribution < 1.29 is 28.1 Å². The first kappa shape index (κ1) is 17.0. The number of carbonyl (C=O) groups is 2. The van der Waals surface area contributed by atoms with Gasteiger partial charge in [-0.2, -0.15) is 13.2 Å². The first-order valence-electron chi connectivity index (χ1n) is 8.25. The number of imide groups is 1. The fourth-order valence-corrected chi connectivity index (χ4v) is 3.55. The van der Waals surface area contributed by atoms with Crippen LogP contribution in [0.2, 0.25) is 0 Å². The summed E-state index contributed by atoms with van der Waals surface area (Å²) in [5.74, 6) is -0.846. The van der Waals surface area contributed by atoms with E-state index in [1.54, 1.807) is 0 Å². The molecule has 2 amide bonds. The fraction of sp³-hybridized carbons (Fsp3) is 0.529. The molecule has 0 spiro atoms. The van der Waals surface area contributed by atoms with Gasteiger partial charge in [0.25, 0.3) is 5.91 Å². The summed E-state index contributed by atoms with van der Waals surface area (Å²) < 4.78 is 38.5. The van der Waals surface area contributed by atoms with Crippen LogP contribution in [0, 0.1) is 0 Å². The molecule has 1 saturated heterocycles. The highest BCUT2D eigenvalue weighted by Gasteiger charge is 2.44. The summed E-state index contributed by atoms with van der Waals surface area (Å²) >= 11 is 0. The lowest BCUT2D eigenvalue weighted by Crippen LogP contribution is -2.96. The van der Waals surface area contributed by atoms with Crippen molar-refractivity contribution in [2.75, 3.05) is 4.90 Å². The zero-order chi connectivity index (χ0) is 17.3. The van der Waals surface area contributed by atoms with Gasteiger partial charge in [-0.3, -0.25) is 9.59 Å². The Balaban J connectivity index is 1.77. The van der Waals surface area contributed by atoms with E-state index in [9.17, 15) is 22.8 Å². The Bertz CT molecular complexity index is 639. The van der Waals surface area contributed by atoms with Crippen LogP contribution < -0.4 is 10.2 Å². The van der Waals surface area contributed by atoms with Crippen molar-refractivity contribution in [3.63, 3.8) is 0 Å². The minimum Gasteiger partial charge on any atom is -0.333 e. The molecule has 1 aliphatic heterocycles. The number of rotatable bonds is 3. The van der Waals surface area contributed by atoms with E-state index in [0.29, 0.717) is 6.04 Å². The highest BCUT2D eigenvalue weighted by atomic mass is 19.4. The van der Waals surface area contributed by atoms with Crippen LogP contribution in [-0.2, 0) is 15.8 Å². The number of hydrogen-bond acceptors (Lipinski definition) is 2. The van der Waals surface area contributed by atoms with Crippen molar-refractivity contribution in [1.82, 2.24) is 0 Å². The SMILES string of the molecule is O=C1C[C@@H]([NH2+]C2CCCCC2)C(=O)N1c1cccc(C(F)(F)F)c1. The zero-order valence-electron chi connectivity index (χ0n) is 13.2. The van der Waals surface area contributed by atoms with Crippen molar-refractivity contribution in [2.24, 2.45) is 0 Å². The molecule has 3 rings (SSSR count). The van der Waals surface area contributed by atoms with Gasteiger partial charge < -0.3 is 5.32 Å². The van der Waals surface area contributed by atoms with Gasteiger partial charge in [0.2, 0.25) is 5.91 Å². The van der Waals surface area contributed by atoms with Gasteiger partial charge in [0, 0.05) is 0 Å². The summed E-state index contributed by atoms with van der Waals surface area (Å²) in [4.78, 5) is 25.6. The number of anilines is 1. The van der Waals surface area contributed by atoms with E-state index >= 15 is 0 Å². The van der Waals surface area contributed by atoms with E-state index in [1.165, 1.54) is 18.6 Å². The maximum absolute atomic E-state index is 12.8. The number of quaternary nitrogens is 1. The predicted octanol–water partition coefficient (Wildman–Crippen LogP) is 2.23. The highest BCUT2D eigenvalue weighted by Crippen LogP contribution is 2.32. The van der Waals surface area contributed by atoms with Crippen LogP contribution in [0.15, 0.2) is 24.3 Å². The number of carbonyl (C=O) groups excluding carboxylic acids is 2. The van der Waals surface area contributed by atoms with E-state index in [2.05, 4.69) is 0 Å². The quantitative estimate of drug-likeness (QED) is 0.857. The number of nitrogens with two attached hydrogens (primary N) is 1. The van der Waals surface area contributed by atoms with Crippen LogP contribution in [0.1, 0.15) is 44.1 Å². The van der Waals surface area contributed by atoms with Gasteiger partial charge in [-0.15, -0.1) is 0 Å². The predicted molar refractivity (Wildman–Crippen MR) is 81.1 cm³/mol. The van der Waals surface area contributed by atoms with E-state index in [0.717, 1.165) is 42.7 Å². The normalized spacial score (nSPS) is 23.1. The smallest absolute Gasteiger partial charge is 0.333 e. The number of alkyl halides is 3. The molecule has 0 radical (unpaired) electrons. The lowest BCUT2D eigenvalue weighted by Gasteiger charge is -2.22. The molecule has 4 nitrogen and oxygen atoms in total. The molecule has 1 atom stereocenters. The molecule has 0 bridgehead atoms. The van der Waals surface area contributed by atoms with Gasteiger partial charge in [0.15, 0.2) is 6.04 Å². The molecule has 2 aliphatic rings. The van der Waals surface area contributed by atoms with Crippen LogP contribution in [0.25, 0.3) is 0 Å². The van der Waals surface area contributed by atoms with Gasteiger partial charge in [-0.05, 0) is 43.9 Å². The maximum Gasteiger partial charge on any atom is 0.416 e. The Kier molecular flexibility index (Phi) is 4.62. The number of amides is 2. The number of hydrogen-bond donors (Lipinski definition) is 1. The first-order valence-corrected chi connectivity index (χ1v) is 8.25. The van der Waals surface area contributed by atoms with Crippen molar-refractivity contribution >= 4 is 17.5 Å². The third-order valence-electron chi connectivity index (χ3n) is 4.77. The van der Waals surface area contributed by atoms with Crippen LogP contribution >= 0.6 is 0 Å². The van der Waals surface area contributed by atoms with E-state index in [1.807, 2.05) is 5.32 Å². The monoisotopic (exact) mass is 341 g/mol. The van der Waals surface area contributed by atoms with E-state index < -0.39 is 29.6 Å². The lowest BCUT2D eigenvalue weighted by atomic mass is 9.95. The van der Waals surface area contributed by atoms with Gasteiger partial charge in [-0.25, -0.2) is 4.90 Å². The molecule has 1 aliphatic carbocycles.